The second kappa shape index (κ2) is 16.4. The lowest BCUT2D eigenvalue weighted by Crippen LogP contribution is -2.55. The van der Waals surface area contributed by atoms with Crippen LogP contribution in [0.5, 0.6) is 11.5 Å². The quantitative estimate of drug-likeness (QED) is 0.151. The third kappa shape index (κ3) is 8.81. The average Bonchev–Trinajstić information content (AvgIpc) is 2.97. The molecule has 2 aromatic carbocycles. The summed E-state index contributed by atoms with van der Waals surface area (Å²) in [5, 5.41) is 23.5. The number of ether oxygens (including phenoxy) is 2. The summed E-state index contributed by atoms with van der Waals surface area (Å²) in [7, 11) is 1.61. The number of aliphatic hydroxyl groups excluding tert-OH is 2. The van der Waals surface area contributed by atoms with Crippen molar-refractivity contribution in [2.75, 3.05) is 26.8 Å². The Kier molecular flexibility index (Phi) is 13.0. The molecule has 0 fully saturated rings. The Morgan fingerprint density at radius 1 is 1.15 bits per heavy atom. The van der Waals surface area contributed by atoms with Crippen LogP contribution in [0.2, 0.25) is 0 Å². The van der Waals surface area contributed by atoms with Gasteiger partial charge in [-0.2, -0.15) is 0 Å². The molecule has 0 bridgehead atoms. The zero-order valence-corrected chi connectivity index (χ0v) is 25.1. The molecular formula is C31H39IN2O6. The Morgan fingerprint density at radius 3 is 2.58 bits per heavy atom. The Morgan fingerprint density at radius 2 is 1.88 bits per heavy atom. The van der Waals surface area contributed by atoms with Gasteiger partial charge in [-0.1, -0.05) is 36.4 Å². The summed E-state index contributed by atoms with van der Waals surface area (Å²) >= 11 is 2.16. The molecule has 0 saturated heterocycles. The van der Waals surface area contributed by atoms with Gasteiger partial charge in [-0.15, -0.1) is 6.58 Å². The first-order valence-electron chi connectivity index (χ1n) is 13.6. The van der Waals surface area contributed by atoms with Crippen LogP contribution in [0.1, 0.15) is 37.7 Å². The van der Waals surface area contributed by atoms with Crippen molar-refractivity contribution in [1.82, 2.24) is 10.2 Å². The van der Waals surface area contributed by atoms with Crippen LogP contribution in [0.4, 0.5) is 0 Å². The fraction of sp³-hybridized carbons (Fsp3) is 0.419. The number of rotatable bonds is 15. The van der Waals surface area contributed by atoms with E-state index >= 15 is 0 Å². The van der Waals surface area contributed by atoms with E-state index in [-0.39, 0.29) is 31.4 Å². The van der Waals surface area contributed by atoms with Gasteiger partial charge < -0.3 is 29.9 Å². The summed E-state index contributed by atoms with van der Waals surface area (Å²) in [6.45, 7) is 4.00. The van der Waals surface area contributed by atoms with Crippen LogP contribution >= 0.6 is 22.6 Å². The number of aliphatic hydroxyl groups is 2. The van der Waals surface area contributed by atoms with Crippen LogP contribution in [0.3, 0.4) is 0 Å². The first-order chi connectivity index (χ1) is 19.4. The number of halogens is 1. The van der Waals surface area contributed by atoms with Gasteiger partial charge in [-0.25, -0.2) is 0 Å². The maximum Gasteiger partial charge on any atom is 0.247 e. The van der Waals surface area contributed by atoms with E-state index in [1.54, 1.807) is 18.1 Å². The molecule has 2 aromatic rings. The van der Waals surface area contributed by atoms with Crippen molar-refractivity contribution in [2.45, 2.75) is 56.8 Å². The SMILES string of the molecule is C=CCCCCC(=O)N(CCc1ccccc1OC)C1CC(C(=O)NCCO)=CC(Oc2ccccc2I)C1O. The number of nitrogens with zero attached hydrogens (tertiary/aromatic N) is 1. The van der Waals surface area contributed by atoms with Gasteiger partial charge in [-0.05, 0) is 78.1 Å². The van der Waals surface area contributed by atoms with Crippen LogP contribution in [0.15, 0.2) is 72.8 Å². The predicted molar refractivity (Wildman–Crippen MR) is 163 cm³/mol. The van der Waals surface area contributed by atoms with Gasteiger partial charge in [0.15, 0.2) is 0 Å². The topological polar surface area (TPSA) is 108 Å². The van der Waals surface area contributed by atoms with Gasteiger partial charge in [-0.3, -0.25) is 9.59 Å². The molecule has 3 unspecified atom stereocenters. The second-order valence-electron chi connectivity index (χ2n) is 9.63. The van der Waals surface area contributed by atoms with E-state index in [1.165, 1.54) is 0 Å². The van der Waals surface area contributed by atoms with Gasteiger partial charge in [0.25, 0.3) is 0 Å². The Labute approximate surface area is 250 Å². The molecule has 8 nitrogen and oxygen atoms in total. The van der Waals surface area contributed by atoms with Crippen LogP contribution in [-0.4, -0.2) is 72.0 Å². The van der Waals surface area contributed by atoms with E-state index < -0.39 is 18.2 Å². The number of para-hydroxylation sites is 2. The molecule has 0 radical (unpaired) electrons. The number of amides is 2. The van der Waals surface area contributed by atoms with E-state index in [2.05, 4.69) is 34.5 Å². The standard InChI is InChI=1S/C31H39IN2O6/c1-3-4-5-6-15-29(36)34(18-16-22-11-7-9-13-26(22)39-2)25-20-23(31(38)33-17-19-35)21-28(30(25)37)40-27-14-10-8-12-24(27)32/h3,7-14,21,25,28,30,35,37H,1,4-6,15-20H2,2H3,(H,33,38). The molecule has 40 heavy (non-hydrogen) atoms. The van der Waals surface area contributed by atoms with E-state index in [9.17, 15) is 19.8 Å². The van der Waals surface area contributed by atoms with E-state index in [4.69, 9.17) is 9.47 Å². The van der Waals surface area contributed by atoms with Gasteiger partial charge in [0.1, 0.15) is 23.7 Å². The summed E-state index contributed by atoms with van der Waals surface area (Å²) in [5.74, 6) is 0.864. The highest BCUT2D eigenvalue weighted by molar-refractivity contribution is 14.1. The van der Waals surface area contributed by atoms with Crippen molar-refractivity contribution >= 4 is 34.4 Å². The molecule has 216 valence electrons. The van der Waals surface area contributed by atoms with Gasteiger partial charge in [0.2, 0.25) is 11.8 Å². The molecule has 3 atom stereocenters. The predicted octanol–water partition coefficient (Wildman–Crippen LogP) is 4.03. The third-order valence-corrected chi connectivity index (χ3v) is 7.79. The molecule has 0 spiro atoms. The van der Waals surface area contributed by atoms with Crippen LogP contribution in [-0.2, 0) is 16.0 Å². The Hall–Kier alpha value is -2.89. The minimum absolute atomic E-state index is 0.0898. The molecule has 3 N–H and O–H groups in total. The molecule has 9 heteroatoms. The zero-order chi connectivity index (χ0) is 28.9. The molecule has 0 heterocycles. The monoisotopic (exact) mass is 662 g/mol. The van der Waals surface area contributed by atoms with Crippen LogP contribution in [0.25, 0.3) is 0 Å². The molecule has 1 aliphatic rings. The summed E-state index contributed by atoms with van der Waals surface area (Å²) in [4.78, 5) is 28.4. The Bertz CT molecular complexity index is 1170. The Balaban J connectivity index is 1.92. The lowest BCUT2D eigenvalue weighted by molar-refractivity contribution is -0.138. The van der Waals surface area contributed by atoms with Crippen LogP contribution < -0.4 is 14.8 Å². The number of unbranched alkanes of at least 4 members (excludes halogenated alkanes) is 2. The van der Waals surface area contributed by atoms with E-state index in [0.29, 0.717) is 37.1 Å². The number of hydrogen-bond acceptors (Lipinski definition) is 6. The third-order valence-electron chi connectivity index (χ3n) is 6.90. The first-order valence-corrected chi connectivity index (χ1v) is 14.7. The minimum Gasteiger partial charge on any atom is -0.496 e. The van der Waals surface area contributed by atoms with Gasteiger partial charge >= 0.3 is 0 Å². The molecular weight excluding hydrogens is 623 g/mol. The molecule has 0 aromatic heterocycles. The number of carbonyl (C=O) groups is 2. The van der Waals surface area contributed by atoms with E-state index in [0.717, 1.165) is 27.7 Å². The number of methoxy groups -OCH3 is 1. The molecule has 0 aliphatic heterocycles. The van der Waals surface area contributed by atoms with Crippen molar-refractivity contribution in [3.63, 3.8) is 0 Å². The fourth-order valence-electron chi connectivity index (χ4n) is 4.80. The summed E-state index contributed by atoms with van der Waals surface area (Å²) in [6, 6.07) is 14.4. The van der Waals surface area contributed by atoms with Crippen molar-refractivity contribution in [1.29, 1.82) is 0 Å². The summed E-state index contributed by atoms with van der Waals surface area (Å²) in [5.41, 5.74) is 1.35. The highest BCUT2D eigenvalue weighted by Crippen LogP contribution is 2.30. The lowest BCUT2D eigenvalue weighted by atomic mass is 9.87. The fourth-order valence-corrected chi connectivity index (χ4v) is 5.32. The first kappa shape index (κ1) is 31.6. The van der Waals surface area contributed by atoms with E-state index in [1.807, 2.05) is 54.6 Å². The highest BCUT2D eigenvalue weighted by Gasteiger charge is 2.40. The zero-order valence-electron chi connectivity index (χ0n) is 22.9. The smallest absolute Gasteiger partial charge is 0.247 e. The van der Waals surface area contributed by atoms with Crippen molar-refractivity contribution < 1.29 is 29.3 Å². The van der Waals surface area contributed by atoms with Crippen LogP contribution in [0, 0.1) is 3.57 Å². The van der Waals surface area contributed by atoms with Gasteiger partial charge in [0, 0.05) is 31.5 Å². The largest absolute Gasteiger partial charge is 0.496 e. The number of carbonyl (C=O) groups excluding carboxylic acids is 2. The average molecular weight is 663 g/mol. The molecule has 1 aliphatic carbocycles. The van der Waals surface area contributed by atoms with Gasteiger partial charge in [0.05, 0.1) is 23.3 Å². The van der Waals surface area contributed by atoms with Crippen molar-refractivity contribution in [2.24, 2.45) is 0 Å². The number of allylic oxidation sites excluding steroid dienone is 1. The maximum absolute atomic E-state index is 13.7. The molecule has 2 amide bonds. The maximum atomic E-state index is 13.7. The normalized spacial score (nSPS) is 18.4. The second-order valence-corrected chi connectivity index (χ2v) is 10.8. The molecule has 3 rings (SSSR count). The number of hydrogen-bond donors (Lipinski definition) is 3. The number of benzene rings is 2. The van der Waals surface area contributed by atoms with Crippen molar-refractivity contribution in [3.8, 4) is 11.5 Å². The molecule has 0 saturated carbocycles. The summed E-state index contributed by atoms with van der Waals surface area (Å²) in [6.07, 6.45) is 4.90. The highest BCUT2D eigenvalue weighted by atomic mass is 127. The van der Waals surface area contributed by atoms with Crippen molar-refractivity contribution in [3.05, 3.63) is 82.0 Å². The summed E-state index contributed by atoms with van der Waals surface area (Å²) < 4.78 is 12.6. The number of nitrogens with one attached hydrogen (secondary N) is 1. The lowest BCUT2D eigenvalue weighted by Gasteiger charge is -2.40. The minimum atomic E-state index is -1.07.